The second-order valence-corrected chi connectivity index (χ2v) is 17.7. The van der Waals surface area contributed by atoms with E-state index < -0.39 is 5.92 Å². The van der Waals surface area contributed by atoms with Crippen LogP contribution >= 0.6 is 0 Å². The molecule has 3 heterocycles. The minimum atomic E-state index is -0.569. The number of ether oxygens (including phenoxy) is 2. The van der Waals surface area contributed by atoms with Crippen molar-refractivity contribution >= 4 is 34.6 Å². The first-order valence-corrected chi connectivity index (χ1v) is 23.3. The SMILES string of the molecule is COc1cc(NC(=O)[C@@H](C)c2cc(F)cc(-c3ccc(N4CCOCC4)cc3)c2)ccc1-c1ccnc(C)c1.Cc1cc(-c2ccc(NC(=O)C(C)c3ccc(NCC4CC4)cc3)cc2)ccn1. The second kappa shape index (κ2) is 22.0. The maximum atomic E-state index is 14.7. The van der Waals surface area contributed by atoms with E-state index >= 15 is 0 Å². The number of carbonyl (C=O) groups excluding carboxylic acids is 2. The van der Waals surface area contributed by atoms with Crippen molar-refractivity contribution in [2.45, 2.75) is 52.4 Å². The van der Waals surface area contributed by atoms with Crippen LogP contribution in [-0.4, -0.2) is 61.7 Å². The summed E-state index contributed by atoms with van der Waals surface area (Å²) in [6.07, 6.45) is 6.25. The molecule has 0 bridgehead atoms. The summed E-state index contributed by atoms with van der Waals surface area (Å²) in [4.78, 5) is 36.6. The van der Waals surface area contributed by atoms with Gasteiger partial charge >= 0.3 is 0 Å². The molecule has 1 unspecified atom stereocenters. The lowest BCUT2D eigenvalue weighted by Crippen LogP contribution is -2.36. The van der Waals surface area contributed by atoms with E-state index in [0.29, 0.717) is 17.0 Å². The zero-order valence-electron chi connectivity index (χ0n) is 39.4. The standard InChI is InChI=1S/C32H32FN3O3.C25H27N3O/c1-21-16-24(10-11-34-21)30-9-6-28(20-31(30)38-3)35-32(37)22(2)25-17-26(19-27(33)18-25)23-4-7-29(8-5-23)36-12-14-39-15-13-36;1-17-15-22(13-14-26-17)21-7-11-24(12-8-21)28-25(29)18(2)20-5-9-23(10-6-20)27-16-19-3-4-19/h4-11,16-20,22H,12-15H2,1-3H3,(H,35,37);5-15,18-19,27H,3-4,16H2,1-2H3,(H,28,29)/t22-;/m0./s1. The molecular formula is C57H59FN6O4. The summed E-state index contributed by atoms with van der Waals surface area (Å²) in [7, 11) is 1.60. The number of aryl methyl sites for hydroxylation is 2. The number of morpholine rings is 1. The average molecular weight is 911 g/mol. The summed E-state index contributed by atoms with van der Waals surface area (Å²) in [6, 6.07) is 42.5. The largest absolute Gasteiger partial charge is 0.496 e. The van der Waals surface area contributed by atoms with Crippen LogP contribution in [-0.2, 0) is 14.3 Å². The maximum absolute atomic E-state index is 14.7. The Morgan fingerprint density at radius 1 is 0.647 bits per heavy atom. The summed E-state index contributed by atoms with van der Waals surface area (Å²) in [5.74, 6) is 0.0848. The third kappa shape index (κ3) is 12.3. The van der Waals surface area contributed by atoms with Crippen molar-refractivity contribution in [3.63, 3.8) is 0 Å². The molecule has 2 amide bonds. The highest BCUT2D eigenvalue weighted by molar-refractivity contribution is 5.97. The van der Waals surface area contributed by atoms with Crippen molar-refractivity contribution in [3.8, 4) is 39.1 Å². The molecule has 5 aromatic carbocycles. The molecule has 9 rings (SSSR count). The number of aromatic nitrogens is 2. The molecule has 2 fully saturated rings. The predicted molar refractivity (Wildman–Crippen MR) is 272 cm³/mol. The molecule has 1 aliphatic heterocycles. The summed E-state index contributed by atoms with van der Waals surface area (Å²) in [6.45, 7) is 11.8. The fourth-order valence-corrected chi connectivity index (χ4v) is 8.18. The van der Waals surface area contributed by atoms with Gasteiger partial charge in [0.1, 0.15) is 11.6 Å². The lowest BCUT2D eigenvalue weighted by molar-refractivity contribution is -0.118. The highest BCUT2D eigenvalue weighted by atomic mass is 19.1. The fraction of sp³-hybridized carbons (Fsp3) is 0.263. The number of carbonyl (C=O) groups is 2. The molecule has 68 heavy (non-hydrogen) atoms. The van der Waals surface area contributed by atoms with Gasteiger partial charge in [-0.1, -0.05) is 42.5 Å². The van der Waals surface area contributed by atoms with Gasteiger partial charge < -0.3 is 30.3 Å². The minimum Gasteiger partial charge on any atom is -0.496 e. The van der Waals surface area contributed by atoms with Crippen molar-refractivity contribution in [3.05, 3.63) is 174 Å². The molecule has 1 aliphatic carbocycles. The lowest BCUT2D eigenvalue weighted by Gasteiger charge is -2.29. The molecule has 10 nitrogen and oxygen atoms in total. The predicted octanol–water partition coefficient (Wildman–Crippen LogP) is 12.1. The van der Waals surface area contributed by atoms with Gasteiger partial charge in [0.15, 0.2) is 0 Å². The van der Waals surface area contributed by atoms with Gasteiger partial charge in [-0.3, -0.25) is 19.6 Å². The van der Waals surface area contributed by atoms with E-state index in [2.05, 4.69) is 49.0 Å². The first kappa shape index (κ1) is 47.1. The Morgan fingerprint density at radius 3 is 1.87 bits per heavy atom. The van der Waals surface area contributed by atoms with E-state index in [4.69, 9.17) is 9.47 Å². The molecule has 2 aromatic heterocycles. The molecule has 1 saturated heterocycles. The van der Waals surface area contributed by atoms with E-state index in [0.717, 1.165) is 106 Å². The lowest BCUT2D eigenvalue weighted by atomic mass is 9.95. The average Bonchev–Trinajstić information content (AvgIpc) is 4.21. The first-order valence-electron chi connectivity index (χ1n) is 23.3. The van der Waals surface area contributed by atoms with Crippen molar-refractivity contribution in [2.75, 3.05) is 60.8 Å². The van der Waals surface area contributed by atoms with Crippen LogP contribution in [0.15, 0.2) is 146 Å². The third-order valence-corrected chi connectivity index (χ3v) is 12.5. The summed E-state index contributed by atoms with van der Waals surface area (Å²) >= 11 is 0. The van der Waals surface area contributed by atoms with E-state index in [-0.39, 0.29) is 23.5 Å². The normalized spacial score (nSPS) is 14.2. The Kier molecular flexibility index (Phi) is 15.2. The van der Waals surface area contributed by atoms with Crippen LogP contribution in [0.25, 0.3) is 33.4 Å². The van der Waals surface area contributed by atoms with Crippen LogP contribution in [0.2, 0.25) is 0 Å². The van der Waals surface area contributed by atoms with Gasteiger partial charge in [-0.05, 0) is 170 Å². The van der Waals surface area contributed by atoms with Crippen molar-refractivity contribution in [1.29, 1.82) is 0 Å². The van der Waals surface area contributed by atoms with E-state index in [1.165, 1.54) is 25.0 Å². The number of anilines is 4. The number of methoxy groups -OCH3 is 1. The number of nitrogens with one attached hydrogen (secondary N) is 3. The Hall–Kier alpha value is -7.37. The monoisotopic (exact) mass is 910 g/mol. The van der Waals surface area contributed by atoms with Gasteiger partial charge in [-0.15, -0.1) is 0 Å². The van der Waals surface area contributed by atoms with E-state index in [1.54, 1.807) is 26.3 Å². The molecule has 0 spiro atoms. The maximum Gasteiger partial charge on any atom is 0.231 e. The zero-order chi connectivity index (χ0) is 47.6. The Bertz CT molecular complexity index is 2830. The molecule has 7 aromatic rings. The number of halogens is 1. The number of pyridine rings is 2. The highest BCUT2D eigenvalue weighted by Crippen LogP contribution is 2.34. The Morgan fingerprint density at radius 2 is 1.22 bits per heavy atom. The summed E-state index contributed by atoms with van der Waals surface area (Å²) < 4.78 is 25.7. The number of benzene rings is 5. The van der Waals surface area contributed by atoms with Crippen molar-refractivity contribution < 1.29 is 23.5 Å². The molecule has 0 radical (unpaired) electrons. The van der Waals surface area contributed by atoms with Crippen molar-refractivity contribution in [1.82, 2.24) is 9.97 Å². The fourth-order valence-electron chi connectivity index (χ4n) is 8.18. The molecule has 1 saturated carbocycles. The van der Waals surface area contributed by atoms with Gasteiger partial charge in [0.2, 0.25) is 11.8 Å². The topological polar surface area (TPSA) is 118 Å². The summed E-state index contributed by atoms with van der Waals surface area (Å²) in [5, 5.41) is 9.44. The molecule has 348 valence electrons. The van der Waals surface area contributed by atoms with Crippen LogP contribution in [0.3, 0.4) is 0 Å². The number of nitrogens with zero attached hydrogens (tertiary/aromatic N) is 3. The summed E-state index contributed by atoms with van der Waals surface area (Å²) in [5.41, 5.74) is 12.9. The van der Waals surface area contributed by atoms with Gasteiger partial charge in [-0.2, -0.15) is 0 Å². The van der Waals surface area contributed by atoms with Gasteiger partial charge in [0.05, 0.1) is 32.2 Å². The Balaban J connectivity index is 0.000000192. The van der Waals surface area contributed by atoms with Gasteiger partial charge in [0.25, 0.3) is 0 Å². The number of hydrogen-bond donors (Lipinski definition) is 3. The first-order chi connectivity index (χ1) is 33.0. The number of amides is 2. The van der Waals surface area contributed by atoms with E-state index in [9.17, 15) is 14.0 Å². The third-order valence-electron chi connectivity index (χ3n) is 12.5. The van der Waals surface area contributed by atoms with Crippen LogP contribution in [0.5, 0.6) is 5.75 Å². The van der Waals surface area contributed by atoms with E-state index in [1.807, 2.05) is 124 Å². The Labute approximate surface area is 399 Å². The molecule has 2 aliphatic rings. The molecule has 3 N–H and O–H groups in total. The van der Waals surface area contributed by atoms with Gasteiger partial charge in [0, 0.05) is 77.8 Å². The number of hydrogen-bond acceptors (Lipinski definition) is 8. The second-order valence-electron chi connectivity index (χ2n) is 17.7. The smallest absolute Gasteiger partial charge is 0.231 e. The molecular weight excluding hydrogens is 852 g/mol. The quantitative estimate of drug-likeness (QED) is 0.0987. The minimum absolute atomic E-state index is 0.00352. The zero-order valence-corrected chi connectivity index (χ0v) is 39.4. The van der Waals surface area contributed by atoms with Gasteiger partial charge in [-0.25, -0.2) is 4.39 Å². The van der Waals surface area contributed by atoms with Crippen LogP contribution in [0.1, 0.15) is 61.0 Å². The highest BCUT2D eigenvalue weighted by Gasteiger charge is 2.22. The molecule has 11 heteroatoms. The van der Waals surface area contributed by atoms with Crippen molar-refractivity contribution in [2.24, 2.45) is 5.92 Å². The molecule has 2 atom stereocenters. The van der Waals surface area contributed by atoms with Crippen LogP contribution in [0, 0.1) is 25.6 Å². The van der Waals surface area contributed by atoms with Crippen LogP contribution < -0.4 is 25.6 Å². The van der Waals surface area contributed by atoms with Crippen LogP contribution in [0.4, 0.5) is 27.1 Å². The number of rotatable bonds is 14.